The van der Waals surface area contributed by atoms with Crippen molar-refractivity contribution in [2.45, 2.75) is 13.5 Å². The number of benzene rings is 3. The van der Waals surface area contributed by atoms with Crippen molar-refractivity contribution in [3.05, 3.63) is 111 Å². The van der Waals surface area contributed by atoms with Crippen molar-refractivity contribution in [3.8, 4) is 5.75 Å². The van der Waals surface area contributed by atoms with Gasteiger partial charge >= 0.3 is 5.97 Å². The molecule has 0 fully saturated rings. The Balaban J connectivity index is 1.51. The second-order valence-corrected chi connectivity index (χ2v) is 6.93. The van der Waals surface area contributed by atoms with Gasteiger partial charge in [0.1, 0.15) is 12.4 Å². The van der Waals surface area contributed by atoms with Gasteiger partial charge in [0, 0.05) is 17.7 Å². The molecule has 0 unspecified atom stereocenters. The first kappa shape index (κ1) is 20.0. The molecule has 1 aliphatic rings. The van der Waals surface area contributed by atoms with E-state index in [1.807, 2.05) is 55.5 Å². The smallest absolute Gasteiger partial charge is 0.363 e. The number of esters is 1. The Labute approximate surface area is 178 Å². The Morgan fingerprint density at radius 3 is 2.58 bits per heavy atom. The van der Waals surface area contributed by atoms with Gasteiger partial charge in [-0.15, -0.1) is 0 Å². The number of ether oxygens (including phenoxy) is 2. The first-order chi connectivity index (χ1) is 15.0. The summed E-state index contributed by atoms with van der Waals surface area (Å²) in [5.74, 6) is 0.196. The Bertz CT molecular complexity index is 1210. The number of hydrogen-bond acceptors (Lipinski definition) is 6. The molecule has 1 heterocycles. The molecule has 0 saturated heterocycles. The van der Waals surface area contributed by atoms with Gasteiger partial charge in [-0.2, -0.15) is 0 Å². The molecule has 1 aliphatic heterocycles. The lowest BCUT2D eigenvalue weighted by Gasteiger charge is -2.09. The Morgan fingerprint density at radius 2 is 1.84 bits per heavy atom. The fourth-order valence-electron chi connectivity index (χ4n) is 3.04. The number of non-ortho nitro benzene ring substituents is 1. The summed E-state index contributed by atoms with van der Waals surface area (Å²) in [4.78, 5) is 26.8. The molecule has 4 rings (SSSR count). The summed E-state index contributed by atoms with van der Waals surface area (Å²) in [5.41, 5.74) is 3.57. The summed E-state index contributed by atoms with van der Waals surface area (Å²) in [6.45, 7) is 2.48. The van der Waals surface area contributed by atoms with Gasteiger partial charge in [0.15, 0.2) is 5.70 Å². The fraction of sp³-hybridized carbons (Fsp3) is 0.0833. The topological polar surface area (TPSA) is 91.0 Å². The second-order valence-electron chi connectivity index (χ2n) is 6.93. The average molecular weight is 414 g/mol. The molecule has 31 heavy (non-hydrogen) atoms. The number of cyclic esters (lactones) is 1. The first-order valence-corrected chi connectivity index (χ1v) is 9.54. The summed E-state index contributed by atoms with van der Waals surface area (Å²) < 4.78 is 11.1. The number of carbonyl (C=O) groups is 1. The van der Waals surface area contributed by atoms with Crippen LogP contribution in [-0.4, -0.2) is 16.8 Å². The highest BCUT2D eigenvalue weighted by Crippen LogP contribution is 2.23. The molecule has 3 aromatic rings. The molecule has 0 bridgehead atoms. The Morgan fingerprint density at radius 1 is 1.06 bits per heavy atom. The molecule has 0 amide bonds. The van der Waals surface area contributed by atoms with Crippen LogP contribution in [0.3, 0.4) is 0 Å². The van der Waals surface area contributed by atoms with Crippen LogP contribution in [0.4, 0.5) is 5.69 Å². The minimum absolute atomic E-state index is 0.0491. The molecular formula is C24H18N2O5. The fourth-order valence-corrected chi connectivity index (χ4v) is 3.04. The van der Waals surface area contributed by atoms with Crippen molar-refractivity contribution in [1.82, 2.24) is 0 Å². The van der Waals surface area contributed by atoms with Crippen molar-refractivity contribution >= 4 is 23.6 Å². The van der Waals surface area contributed by atoms with Crippen LogP contribution in [0.15, 0.2) is 83.5 Å². The van der Waals surface area contributed by atoms with Gasteiger partial charge in [0.25, 0.3) is 5.69 Å². The Kier molecular flexibility index (Phi) is 5.57. The average Bonchev–Trinajstić information content (AvgIpc) is 3.13. The molecule has 0 N–H and O–H groups in total. The summed E-state index contributed by atoms with van der Waals surface area (Å²) in [6.07, 6.45) is 1.61. The van der Waals surface area contributed by atoms with Crippen molar-refractivity contribution in [3.63, 3.8) is 0 Å². The predicted molar refractivity (Wildman–Crippen MR) is 116 cm³/mol. The molecule has 0 aliphatic carbocycles. The molecule has 154 valence electrons. The molecule has 0 aromatic heterocycles. The van der Waals surface area contributed by atoms with E-state index in [1.54, 1.807) is 6.08 Å². The number of nitro benzene ring substituents is 1. The van der Waals surface area contributed by atoms with Gasteiger partial charge in [0.05, 0.1) is 4.92 Å². The largest absolute Gasteiger partial charge is 0.489 e. The highest BCUT2D eigenvalue weighted by molar-refractivity contribution is 6.12. The predicted octanol–water partition coefficient (Wildman–Crippen LogP) is 4.83. The van der Waals surface area contributed by atoms with Crippen LogP contribution in [0.5, 0.6) is 5.75 Å². The maximum absolute atomic E-state index is 12.2. The third-order valence-electron chi connectivity index (χ3n) is 4.76. The van der Waals surface area contributed by atoms with E-state index >= 15 is 0 Å². The van der Waals surface area contributed by atoms with Crippen molar-refractivity contribution in [2.24, 2.45) is 4.99 Å². The first-order valence-electron chi connectivity index (χ1n) is 9.54. The number of nitrogens with zero attached hydrogens (tertiary/aromatic N) is 2. The van der Waals surface area contributed by atoms with Crippen molar-refractivity contribution in [1.29, 1.82) is 0 Å². The van der Waals surface area contributed by atoms with Crippen LogP contribution in [-0.2, 0) is 16.1 Å². The maximum Gasteiger partial charge on any atom is 0.363 e. The van der Waals surface area contributed by atoms with Gasteiger partial charge in [-0.25, -0.2) is 9.79 Å². The second kappa shape index (κ2) is 8.62. The zero-order valence-electron chi connectivity index (χ0n) is 16.6. The van der Waals surface area contributed by atoms with Crippen LogP contribution in [0.2, 0.25) is 0 Å². The van der Waals surface area contributed by atoms with E-state index in [-0.39, 0.29) is 17.3 Å². The number of hydrogen-bond donors (Lipinski definition) is 0. The molecule has 3 aromatic carbocycles. The summed E-state index contributed by atoms with van der Waals surface area (Å²) in [7, 11) is 0. The maximum atomic E-state index is 12.2. The van der Waals surface area contributed by atoms with Crippen LogP contribution < -0.4 is 4.74 Å². The quantitative estimate of drug-likeness (QED) is 0.249. The van der Waals surface area contributed by atoms with Gasteiger partial charge in [0.2, 0.25) is 5.90 Å². The lowest BCUT2D eigenvalue weighted by molar-refractivity contribution is -0.384. The summed E-state index contributed by atoms with van der Waals surface area (Å²) in [5, 5.41) is 10.8. The lowest BCUT2D eigenvalue weighted by atomic mass is 10.1. The molecule has 0 radical (unpaired) electrons. The number of rotatable bonds is 6. The number of aryl methyl sites for hydroxylation is 1. The standard InChI is InChI=1S/C24H18N2O5/c1-16-5-2-3-7-19(16)15-30-21-8-4-6-17(13-21)14-22-24(27)31-23(25-22)18-9-11-20(12-10-18)26(28)29/h2-14H,15H2,1H3. The normalized spacial score (nSPS) is 14.3. The van der Waals surface area contributed by atoms with E-state index in [0.717, 1.165) is 16.7 Å². The lowest BCUT2D eigenvalue weighted by Crippen LogP contribution is -2.05. The molecule has 7 nitrogen and oxygen atoms in total. The highest BCUT2D eigenvalue weighted by atomic mass is 16.6. The highest BCUT2D eigenvalue weighted by Gasteiger charge is 2.24. The minimum atomic E-state index is -0.584. The number of nitro groups is 1. The molecule has 0 atom stereocenters. The molecule has 7 heteroatoms. The van der Waals surface area contributed by atoms with E-state index in [1.165, 1.54) is 24.3 Å². The van der Waals surface area contributed by atoms with Crippen LogP contribution >= 0.6 is 0 Å². The van der Waals surface area contributed by atoms with Crippen LogP contribution in [0.1, 0.15) is 22.3 Å². The Hall–Kier alpha value is -4.26. The SMILES string of the molecule is Cc1ccccc1COc1cccc(C=C2N=C(c3ccc([N+](=O)[O-])cc3)OC2=O)c1. The molecular weight excluding hydrogens is 396 g/mol. The summed E-state index contributed by atoms with van der Waals surface area (Å²) in [6, 6.07) is 21.0. The third kappa shape index (κ3) is 4.67. The zero-order valence-corrected chi connectivity index (χ0v) is 16.6. The van der Waals surface area contributed by atoms with E-state index in [4.69, 9.17) is 9.47 Å². The number of aliphatic imine (C=N–C) groups is 1. The third-order valence-corrected chi connectivity index (χ3v) is 4.76. The van der Waals surface area contributed by atoms with E-state index in [0.29, 0.717) is 17.9 Å². The number of carbonyl (C=O) groups excluding carboxylic acids is 1. The van der Waals surface area contributed by atoms with Crippen LogP contribution in [0, 0.1) is 17.0 Å². The van der Waals surface area contributed by atoms with Crippen molar-refractivity contribution < 1.29 is 19.2 Å². The molecule has 0 saturated carbocycles. The zero-order chi connectivity index (χ0) is 21.8. The van der Waals surface area contributed by atoms with Gasteiger partial charge in [-0.1, -0.05) is 36.4 Å². The van der Waals surface area contributed by atoms with Gasteiger partial charge in [-0.3, -0.25) is 10.1 Å². The van der Waals surface area contributed by atoms with E-state index in [2.05, 4.69) is 4.99 Å². The van der Waals surface area contributed by atoms with E-state index < -0.39 is 10.9 Å². The van der Waals surface area contributed by atoms with Crippen LogP contribution in [0.25, 0.3) is 6.08 Å². The van der Waals surface area contributed by atoms with Crippen molar-refractivity contribution in [2.75, 3.05) is 0 Å². The van der Waals surface area contributed by atoms with E-state index in [9.17, 15) is 14.9 Å². The van der Waals surface area contributed by atoms with Gasteiger partial charge < -0.3 is 9.47 Å². The molecule has 0 spiro atoms. The summed E-state index contributed by atoms with van der Waals surface area (Å²) >= 11 is 0. The van der Waals surface area contributed by atoms with Gasteiger partial charge in [-0.05, 0) is 54.0 Å². The monoisotopic (exact) mass is 414 g/mol. The minimum Gasteiger partial charge on any atom is -0.489 e.